The Bertz CT molecular complexity index is 638. The highest BCUT2D eigenvalue weighted by Crippen LogP contribution is 2.23. The molecule has 0 aromatic carbocycles. The van der Waals surface area contributed by atoms with E-state index in [4.69, 9.17) is 0 Å². The van der Waals surface area contributed by atoms with Crippen molar-refractivity contribution in [2.24, 2.45) is 0 Å². The maximum Gasteiger partial charge on any atom is 0.257 e. The summed E-state index contributed by atoms with van der Waals surface area (Å²) >= 11 is 0. The van der Waals surface area contributed by atoms with E-state index in [-0.39, 0.29) is 5.91 Å². The van der Waals surface area contributed by atoms with Crippen LogP contribution in [0.3, 0.4) is 0 Å². The lowest BCUT2D eigenvalue weighted by molar-refractivity contribution is 0.0828. The number of aryl methyl sites for hydroxylation is 1. The zero-order valence-corrected chi connectivity index (χ0v) is 12.1. The Morgan fingerprint density at radius 2 is 1.95 bits per heavy atom. The third-order valence-electron chi connectivity index (χ3n) is 2.99. The first-order chi connectivity index (χ1) is 9.52. The first-order valence-corrected chi connectivity index (χ1v) is 6.35. The number of nitrogens with one attached hydrogen (secondary N) is 1. The van der Waals surface area contributed by atoms with Gasteiger partial charge in [-0.15, -0.1) is 0 Å². The number of aromatic nitrogens is 2. The maximum atomic E-state index is 12.2. The number of carbonyl (C=O) groups excluding carboxylic acids is 1. The highest BCUT2D eigenvalue weighted by molar-refractivity contribution is 5.99. The molecule has 0 radical (unpaired) electrons. The van der Waals surface area contributed by atoms with E-state index in [1.165, 1.54) is 0 Å². The van der Waals surface area contributed by atoms with Crippen LogP contribution >= 0.6 is 0 Å². The molecule has 0 bridgehead atoms. The summed E-state index contributed by atoms with van der Waals surface area (Å²) in [5.41, 5.74) is 3.39. The predicted molar refractivity (Wildman–Crippen MR) is 79.8 cm³/mol. The molecule has 5 nitrogen and oxygen atoms in total. The molecule has 2 aromatic rings. The van der Waals surface area contributed by atoms with Gasteiger partial charge in [0.25, 0.3) is 5.91 Å². The highest BCUT2D eigenvalue weighted by Gasteiger charge is 2.15. The van der Waals surface area contributed by atoms with Crippen LogP contribution in [-0.2, 0) is 0 Å². The van der Waals surface area contributed by atoms with Gasteiger partial charge in [0, 0.05) is 44.8 Å². The Balaban J connectivity index is 2.52. The van der Waals surface area contributed by atoms with Gasteiger partial charge < -0.3 is 10.2 Å². The second-order valence-corrected chi connectivity index (χ2v) is 4.76. The standard InChI is InChI=1S/C15H18N4O/c1-10-7-11(5-6-17-10)12-8-13(15(20)19(3)4)14(16-2)18-9-12/h5-9H,1-4H3,(H,16,18). The van der Waals surface area contributed by atoms with Gasteiger partial charge in [-0.3, -0.25) is 9.78 Å². The number of hydrogen-bond acceptors (Lipinski definition) is 4. The summed E-state index contributed by atoms with van der Waals surface area (Å²) in [4.78, 5) is 22.3. The second-order valence-electron chi connectivity index (χ2n) is 4.76. The fraction of sp³-hybridized carbons (Fsp3) is 0.267. The van der Waals surface area contributed by atoms with Crippen LogP contribution in [0.1, 0.15) is 16.1 Å². The predicted octanol–water partition coefficient (Wildman–Crippen LogP) is 2.20. The van der Waals surface area contributed by atoms with Gasteiger partial charge in [0.05, 0.1) is 5.56 Å². The Morgan fingerprint density at radius 1 is 1.20 bits per heavy atom. The monoisotopic (exact) mass is 270 g/mol. The van der Waals surface area contributed by atoms with E-state index >= 15 is 0 Å². The van der Waals surface area contributed by atoms with E-state index < -0.39 is 0 Å². The van der Waals surface area contributed by atoms with Crippen molar-refractivity contribution in [1.29, 1.82) is 0 Å². The smallest absolute Gasteiger partial charge is 0.257 e. The van der Waals surface area contributed by atoms with Gasteiger partial charge in [-0.1, -0.05) is 0 Å². The molecule has 0 fully saturated rings. The molecule has 0 saturated heterocycles. The Labute approximate surface area is 118 Å². The number of nitrogens with zero attached hydrogens (tertiary/aromatic N) is 3. The van der Waals surface area contributed by atoms with Crippen molar-refractivity contribution in [3.05, 3.63) is 41.9 Å². The third kappa shape index (κ3) is 2.77. The molecule has 2 rings (SSSR count). The summed E-state index contributed by atoms with van der Waals surface area (Å²) in [5, 5.41) is 2.95. The van der Waals surface area contributed by atoms with Gasteiger partial charge in [0.15, 0.2) is 0 Å². The molecule has 104 valence electrons. The summed E-state index contributed by atoms with van der Waals surface area (Å²) in [5.74, 6) is 0.507. The molecule has 0 aliphatic heterocycles. The summed E-state index contributed by atoms with van der Waals surface area (Å²) in [6, 6.07) is 5.74. The van der Waals surface area contributed by atoms with E-state index in [1.54, 1.807) is 38.4 Å². The zero-order valence-electron chi connectivity index (χ0n) is 12.1. The number of rotatable bonds is 3. The first kappa shape index (κ1) is 14.0. The Kier molecular flexibility index (Phi) is 3.98. The number of carbonyl (C=O) groups is 1. The quantitative estimate of drug-likeness (QED) is 0.929. The van der Waals surface area contributed by atoms with E-state index in [0.29, 0.717) is 11.4 Å². The lowest BCUT2D eigenvalue weighted by Crippen LogP contribution is -2.23. The molecule has 0 unspecified atom stereocenters. The van der Waals surface area contributed by atoms with Crippen LogP contribution in [0.5, 0.6) is 0 Å². The van der Waals surface area contributed by atoms with Crippen LogP contribution in [0.25, 0.3) is 11.1 Å². The fourth-order valence-electron chi connectivity index (χ4n) is 1.95. The molecule has 20 heavy (non-hydrogen) atoms. The SMILES string of the molecule is CNc1ncc(-c2ccnc(C)c2)cc1C(=O)N(C)C. The van der Waals surface area contributed by atoms with Crippen molar-refractivity contribution in [3.8, 4) is 11.1 Å². The van der Waals surface area contributed by atoms with E-state index in [2.05, 4.69) is 15.3 Å². The van der Waals surface area contributed by atoms with Crippen molar-refractivity contribution in [2.75, 3.05) is 26.5 Å². The number of anilines is 1. The minimum atomic E-state index is -0.0746. The largest absolute Gasteiger partial charge is 0.372 e. The van der Waals surface area contributed by atoms with Crippen LogP contribution < -0.4 is 5.32 Å². The zero-order chi connectivity index (χ0) is 14.7. The Hall–Kier alpha value is -2.43. The Morgan fingerprint density at radius 3 is 2.55 bits per heavy atom. The van der Waals surface area contributed by atoms with Gasteiger partial charge >= 0.3 is 0 Å². The lowest BCUT2D eigenvalue weighted by Gasteiger charge is -2.14. The molecular formula is C15H18N4O. The van der Waals surface area contributed by atoms with Gasteiger partial charge in [-0.05, 0) is 30.7 Å². The molecule has 1 amide bonds. The van der Waals surface area contributed by atoms with Gasteiger partial charge in [-0.2, -0.15) is 0 Å². The normalized spacial score (nSPS) is 10.2. The summed E-state index contributed by atoms with van der Waals surface area (Å²) in [6.45, 7) is 1.94. The number of amides is 1. The van der Waals surface area contributed by atoms with Crippen molar-refractivity contribution in [3.63, 3.8) is 0 Å². The van der Waals surface area contributed by atoms with E-state index in [1.807, 2.05) is 25.1 Å². The molecule has 0 spiro atoms. The molecule has 2 aromatic heterocycles. The molecule has 0 atom stereocenters. The van der Waals surface area contributed by atoms with Gasteiger partial charge in [0.1, 0.15) is 5.82 Å². The molecule has 1 N–H and O–H groups in total. The van der Waals surface area contributed by atoms with Crippen molar-refractivity contribution < 1.29 is 4.79 Å². The molecule has 0 aliphatic rings. The van der Waals surface area contributed by atoms with Crippen LogP contribution in [-0.4, -0.2) is 41.9 Å². The average Bonchev–Trinajstić information content (AvgIpc) is 2.45. The molecule has 5 heteroatoms. The summed E-state index contributed by atoms with van der Waals surface area (Å²) in [7, 11) is 5.21. The molecule has 0 saturated carbocycles. The summed E-state index contributed by atoms with van der Waals surface area (Å²) in [6.07, 6.45) is 3.51. The van der Waals surface area contributed by atoms with Crippen LogP contribution in [0.4, 0.5) is 5.82 Å². The van der Waals surface area contributed by atoms with E-state index in [0.717, 1.165) is 16.8 Å². The van der Waals surface area contributed by atoms with Crippen molar-refractivity contribution in [2.45, 2.75) is 6.92 Å². The van der Waals surface area contributed by atoms with Crippen molar-refractivity contribution >= 4 is 11.7 Å². The molecule has 2 heterocycles. The second kappa shape index (κ2) is 5.69. The first-order valence-electron chi connectivity index (χ1n) is 6.35. The third-order valence-corrected chi connectivity index (χ3v) is 2.99. The topological polar surface area (TPSA) is 58.1 Å². The minimum absolute atomic E-state index is 0.0746. The maximum absolute atomic E-state index is 12.2. The van der Waals surface area contributed by atoms with Crippen molar-refractivity contribution in [1.82, 2.24) is 14.9 Å². The summed E-state index contributed by atoms with van der Waals surface area (Å²) < 4.78 is 0. The number of pyridine rings is 2. The van der Waals surface area contributed by atoms with Gasteiger partial charge in [-0.25, -0.2) is 4.98 Å². The highest BCUT2D eigenvalue weighted by atomic mass is 16.2. The van der Waals surface area contributed by atoms with Crippen LogP contribution in [0.15, 0.2) is 30.6 Å². The molecular weight excluding hydrogens is 252 g/mol. The average molecular weight is 270 g/mol. The minimum Gasteiger partial charge on any atom is -0.372 e. The number of hydrogen-bond donors (Lipinski definition) is 1. The van der Waals surface area contributed by atoms with Crippen LogP contribution in [0.2, 0.25) is 0 Å². The lowest BCUT2D eigenvalue weighted by atomic mass is 10.1. The van der Waals surface area contributed by atoms with E-state index in [9.17, 15) is 4.79 Å². The fourth-order valence-corrected chi connectivity index (χ4v) is 1.95. The van der Waals surface area contributed by atoms with Crippen LogP contribution in [0, 0.1) is 6.92 Å². The van der Waals surface area contributed by atoms with Gasteiger partial charge in [0.2, 0.25) is 0 Å². The molecule has 0 aliphatic carbocycles.